The topological polar surface area (TPSA) is 37.0 Å². The fourth-order valence-electron chi connectivity index (χ4n) is 2.39. The number of hydrogen-bond acceptors (Lipinski definition) is 4. The summed E-state index contributed by atoms with van der Waals surface area (Å²) in [5.41, 5.74) is 1.36. The van der Waals surface area contributed by atoms with Gasteiger partial charge in [-0.2, -0.15) is 0 Å². The first kappa shape index (κ1) is 9.60. The van der Waals surface area contributed by atoms with Gasteiger partial charge in [0.15, 0.2) is 5.13 Å². The van der Waals surface area contributed by atoms with E-state index in [1.54, 1.807) is 0 Å². The number of rotatable bonds is 2. The van der Waals surface area contributed by atoms with Gasteiger partial charge in [0.05, 0.1) is 5.69 Å². The number of piperidine rings is 1. The molecule has 0 aromatic carbocycles. The third kappa shape index (κ3) is 2.01. The molecule has 0 unspecified atom stereocenters. The number of aryl methyl sites for hydroxylation is 2. The van der Waals surface area contributed by atoms with Crippen LogP contribution < -0.4 is 10.6 Å². The molecule has 82 valence electrons. The highest BCUT2D eigenvalue weighted by Gasteiger charge is 2.19. The van der Waals surface area contributed by atoms with E-state index >= 15 is 0 Å². The molecular formula is C11H17N3S. The Morgan fingerprint density at radius 2 is 2.13 bits per heavy atom. The van der Waals surface area contributed by atoms with Gasteiger partial charge in [-0.3, -0.25) is 0 Å². The molecule has 1 aromatic rings. The van der Waals surface area contributed by atoms with Crippen molar-refractivity contribution >= 4 is 16.5 Å². The molecule has 1 aliphatic heterocycles. The molecule has 15 heavy (non-hydrogen) atoms. The van der Waals surface area contributed by atoms with Crippen molar-refractivity contribution in [2.24, 2.45) is 0 Å². The SMILES string of the molecule is C1Cc2nc(NC3CCNCC3)sc2C1. The lowest BCUT2D eigenvalue weighted by Gasteiger charge is -2.23. The maximum atomic E-state index is 4.67. The van der Waals surface area contributed by atoms with Gasteiger partial charge < -0.3 is 10.6 Å². The molecule has 1 fully saturated rings. The normalized spacial score (nSPS) is 21.6. The lowest BCUT2D eigenvalue weighted by Crippen LogP contribution is -2.35. The molecule has 0 atom stereocenters. The molecule has 4 heteroatoms. The van der Waals surface area contributed by atoms with Gasteiger partial charge in [0.25, 0.3) is 0 Å². The highest BCUT2D eigenvalue weighted by Crippen LogP contribution is 2.31. The number of thiazole rings is 1. The van der Waals surface area contributed by atoms with Crippen molar-refractivity contribution in [3.05, 3.63) is 10.6 Å². The molecule has 2 N–H and O–H groups in total. The molecule has 2 heterocycles. The van der Waals surface area contributed by atoms with Crippen LogP contribution in [0.3, 0.4) is 0 Å². The van der Waals surface area contributed by atoms with E-state index < -0.39 is 0 Å². The molecule has 0 spiro atoms. The van der Waals surface area contributed by atoms with Gasteiger partial charge in [0, 0.05) is 10.9 Å². The summed E-state index contributed by atoms with van der Waals surface area (Å²) in [5, 5.41) is 8.12. The Hall–Kier alpha value is -0.610. The Balaban J connectivity index is 1.66. The second kappa shape index (κ2) is 4.10. The van der Waals surface area contributed by atoms with Gasteiger partial charge in [-0.15, -0.1) is 11.3 Å². The largest absolute Gasteiger partial charge is 0.359 e. The van der Waals surface area contributed by atoms with Crippen LogP contribution in [0.15, 0.2) is 0 Å². The van der Waals surface area contributed by atoms with Gasteiger partial charge in [0.2, 0.25) is 0 Å². The van der Waals surface area contributed by atoms with Crippen LogP contribution in [0, 0.1) is 0 Å². The predicted octanol–water partition coefficient (Wildman–Crippen LogP) is 1.80. The second-order valence-electron chi connectivity index (χ2n) is 4.41. The minimum Gasteiger partial charge on any atom is -0.359 e. The van der Waals surface area contributed by atoms with Crippen molar-refractivity contribution < 1.29 is 0 Å². The predicted molar refractivity (Wildman–Crippen MR) is 63.7 cm³/mol. The van der Waals surface area contributed by atoms with Gasteiger partial charge in [-0.05, 0) is 45.2 Å². The maximum absolute atomic E-state index is 4.67. The summed E-state index contributed by atoms with van der Waals surface area (Å²) in [7, 11) is 0. The fraction of sp³-hybridized carbons (Fsp3) is 0.727. The average molecular weight is 223 g/mol. The number of aromatic nitrogens is 1. The van der Waals surface area contributed by atoms with Crippen LogP contribution in [0.1, 0.15) is 29.8 Å². The summed E-state index contributed by atoms with van der Waals surface area (Å²) < 4.78 is 0. The van der Waals surface area contributed by atoms with Gasteiger partial charge in [-0.1, -0.05) is 0 Å². The standard InChI is InChI=1S/C11H17N3S/c1-2-9-10(3-1)15-11(14-9)13-8-4-6-12-7-5-8/h8,12H,1-7H2,(H,13,14). The molecule has 2 aliphatic rings. The zero-order valence-corrected chi connectivity index (χ0v) is 9.70. The van der Waals surface area contributed by atoms with E-state index in [0.717, 1.165) is 18.2 Å². The number of anilines is 1. The Bertz CT molecular complexity index is 320. The Morgan fingerprint density at radius 1 is 1.27 bits per heavy atom. The molecular weight excluding hydrogens is 206 g/mol. The Kier molecular flexibility index (Phi) is 2.63. The summed E-state index contributed by atoms with van der Waals surface area (Å²) in [6.07, 6.45) is 6.21. The monoisotopic (exact) mass is 223 g/mol. The molecule has 0 radical (unpaired) electrons. The molecule has 1 saturated heterocycles. The van der Waals surface area contributed by atoms with Crippen LogP contribution in [-0.4, -0.2) is 24.1 Å². The Morgan fingerprint density at radius 3 is 2.93 bits per heavy atom. The second-order valence-corrected chi connectivity index (χ2v) is 5.49. The number of nitrogens with zero attached hydrogens (tertiary/aromatic N) is 1. The van der Waals surface area contributed by atoms with Crippen molar-refractivity contribution in [3.63, 3.8) is 0 Å². The van der Waals surface area contributed by atoms with Crippen molar-refractivity contribution in [2.75, 3.05) is 18.4 Å². The van der Waals surface area contributed by atoms with Crippen LogP contribution in [0.25, 0.3) is 0 Å². The van der Waals surface area contributed by atoms with E-state index in [2.05, 4.69) is 15.6 Å². The minimum atomic E-state index is 0.637. The molecule has 3 nitrogen and oxygen atoms in total. The molecule has 1 aromatic heterocycles. The zero-order chi connectivity index (χ0) is 10.1. The summed E-state index contributed by atoms with van der Waals surface area (Å²) in [6.45, 7) is 2.28. The van der Waals surface area contributed by atoms with Gasteiger partial charge in [0.1, 0.15) is 0 Å². The van der Waals surface area contributed by atoms with Crippen LogP contribution in [0.4, 0.5) is 5.13 Å². The van der Waals surface area contributed by atoms with E-state index in [9.17, 15) is 0 Å². The van der Waals surface area contributed by atoms with E-state index in [1.165, 1.54) is 42.7 Å². The van der Waals surface area contributed by atoms with Crippen molar-refractivity contribution in [1.82, 2.24) is 10.3 Å². The molecule has 0 saturated carbocycles. The average Bonchev–Trinajstić information content (AvgIpc) is 2.79. The number of fused-ring (bicyclic) bond motifs is 1. The molecule has 3 rings (SSSR count). The van der Waals surface area contributed by atoms with Crippen molar-refractivity contribution in [2.45, 2.75) is 38.1 Å². The van der Waals surface area contributed by atoms with Crippen LogP contribution in [0.5, 0.6) is 0 Å². The smallest absolute Gasteiger partial charge is 0.183 e. The maximum Gasteiger partial charge on any atom is 0.183 e. The lowest BCUT2D eigenvalue weighted by atomic mass is 10.1. The minimum absolute atomic E-state index is 0.637. The highest BCUT2D eigenvalue weighted by molar-refractivity contribution is 7.15. The van der Waals surface area contributed by atoms with E-state index in [4.69, 9.17) is 0 Å². The summed E-state index contributed by atoms with van der Waals surface area (Å²) in [5.74, 6) is 0. The quantitative estimate of drug-likeness (QED) is 0.802. The first-order chi connectivity index (χ1) is 7.42. The third-order valence-corrected chi connectivity index (χ3v) is 4.35. The third-order valence-electron chi connectivity index (χ3n) is 3.26. The molecule has 0 bridgehead atoms. The summed E-state index contributed by atoms with van der Waals surface area (Å²) in [4.78, 5) is 6.19. The van der Waals surface area contributed by atoms with E-state index in [0.29, 0.717) is 6.04 Å². The summed E-state index contributed by atoms with van der Waals surface area (Å²) >= 11 is 1.87. The van der Waals surface area contributed by atoms with Crippen LogP contribution in [-0.2, 0) is 12.8 Å². The van der Waals surface area contributed by atoms with E-state index in [-0.39, 0.29) is 0 Å². The zero-order valence-electron chi connectivity index (χ0n) is 8.88. The number of hydrogen-bond donors (Lipinski definition) is 2. The number of nitrogens with one attached hydrogen (secondary N) is 2. The summed E-state index contributed by atoms with van der Waals surface area (Å²) in [6, 6.07) is 0.637. The molecule has 0 amide bonds. The van der Waals surface area contributed by atoms with Crippen molar-refractivity contribution in [1.29, 1.82) is 0 Å². The van der Waals surface area contributed by atoms with E-state index in [1.807, 2.05) is 11.3 Å². The lowest BCUT2D eigenvalue weighted by molar-refractivity contribution is 0.479. The first-order valence-electron chi connectivity index (χ1n) is 5.87. The highest BCUT2D eigenvalue weighted by atomic mass is 32.1. The fourth-order valence-corrected chi connectivity index (χ4v) is 3.52. The Labute approximate surface area is 94.3 Å². The van der Waals surface area contributed by atoms with Gasteiger partial charge in [-0.25, -0.2) is 4.98 Å². The van der Waals surface area contributed by atoms with Crippen LogP contribution in [0.2, 0.25) is 0 Å². The van der Waals surface area contributed by atoms with Crippen LogP contribution >= 0.6 is 11.3 Å². The van der Waals surface area contributed by atoms with Gasteiger partial charge >= 0.3 is 0 Å². The molecule has 1 aliphatic carbocycles. The first-order valence-corrected chi connectivity index (χ1v) is 6.69. The van der Waals surface area contributed by atoms with Crippen molar-refractivity contribution in [3.8, 4) is 0 Å².